The lowest BCUT2D eigenvalue weighted by Gasteiger charge is -2.18. The Morgan fingerprint density at radius 1 is 1.26 bits per heavy atom. The van der Waals surface area contributed by atoms with E-state index in [2.05, 4.69) is 15.0 Å². The molecule has 0 radical (unpaired) electrons. The zero-order valence-corrected chi connectivity index (χ0v) is 20.6. The fourth-order valence-electron chi connectivity index (χ4n) is 3.50. The number of guanidine groups is 1. The van der Waals surface area contributed by atoms with Crippen LogP contribution >= 0.6 is 0 Å². The predicted molar refractivity (Wildman–Crippen MR) is 124 cm³/mol. The minimum Gasteiger partial charge on any atom is -0.496 e. The standard InChI is InChI=1S/C21H30N6O6S/c1-12-11-16(32-5)13(2)14(3)18(12)34(30,31)26-20(22)25-8-6-7-15(33-21(23)29)17(28)19-24-9-10-27(19)4/h9-11,15H,6-8H2,1-5H3,(H2,23,29)(H3,22,25,26)/t15-/m1/s1. The lowest BCUT2D eigenvalue weighted by molar-refractivity contribution is 0.0618. The molecule has 1 aromatic carbocycles. The summed E-state index contributed by atoms with van der Waals surface area (Å²) in [5.41, 5.74) is 6.77. The molecule has 0 bridgehead atoms. The highest BCUT2D eigenvalue weighted by Gasteiger charge is 2.27. The number of Topliss-reactive ketones (excluding diaryl/α,β-unsaturated/α-hetero) is 1. The Morgan fingerprint density at radius 2 is 1.94 bits per heavy atom. The molecule has 0 saturated carbocycles. The second-order valence-electron chi connectivity index (χ2n) is 7.68. The van der Waals surface area contributed by atoms with E-state index < -0.39 is 34.0 Å². The SMILES string of the molecule is COc1cc(C)c(S(=O)(=O)NC(=N)NCCC[C@@H](OC(N)=O)C(=O)c2nccn2C)c(C)c1C. The number of rotatable bonds is 10. The van der Waals surface area contributed by atoms with Crippen LogP contribution in [0.5, 0.6) is 5.75 Å². The first-order valence-electron chi connectivity index (χ1n) is 10.4. The second kappa shape index (κ2) is 11.0. The van der Waals surface area contributed by atoms with E-state index in [9.17, 15) is 18.0 Å². The van der Waals surface area contributed by atoms with Crippen LogP contribution in [0.15, 0.2) is 23.4 Å². The fourth-order valence-corrected chi connectivity index (χ4v) is 4.98. The number of primary amides is 1. The van der Waals surface area contributed by atoms with Crippen LogP contribution in [0.3, 0.4) is 0 Å². The molecule has 12 nitrogen and oxygen atoms in total. The Kier molecular flexibility index (Phi) is 8.62. The number of benzene rings is 1. The number of aryl methyl sites for hydroxylation is 2. The molecule has 13 heteroatoms. The molecule has 2 rings (SSSR count). The molecular weight excluding hydrogens is 464 g/mol. The van der Waals surface area contributed by atoms with E-state index in [0.29, 0.717) is 22.4 Å². The first-order chi connectivity index (χ1) is 15.9. The zero-order chi connectivity index (χ0) is 25.6. The number of methoxy groups -OCH3 is 1. The molecule has 34 heavy (non-hydrogen) atoms. The van der Waals surface area contributed by atoms with Gasteiger partial charge in [0, 0.05) is 26.0 Å². The van der Waals surface area contributed by atoms with Crippen LogP contribution in [0.2, 0.25) is 0 Å². The molecule has 0 spiro atoms. The summed E-state index contributed by atoms with van der Waals surface area (Å²) < 4.78 is 39.7. The van der Waals surface area contributed by atoms with Crippen molar-refractivity contribution in [2.45, 2.75) is 44.6 Å². The van der Waals surface area contributed by atoms with Crippen LogP contribution in [0.4, 0.5) is 4.79 Å². The summed E-state index contributed by atoms with van der Waals surface area (Å²) in [4.78, 5) is 27.8. The Labute approximate surface area is 198 Å². The third-order valence-corrected chi connectivity index (χ3v) is 6.88. The van der Waals surface area contributed by atoms with Gasteiger partial charge in [0.25, 0.3) is 10.0 Å². The van der Waals surface area contributed by atoms with E-state index in [-0.39, 0.29) is 30.1 Å². The van der Waals surface area contributed by atoms with Gasteiger partial charge in [0.1, 0.15) is 5.75 Å². The van der Waals surface area contributed by atoms with Gasteiger partial charge in [-0.2, -0.15) is 0 Å². The van der Waals surface area contributed by atoms with Gasteiger partial charge in [-0.25, -0.2) is 22.9 Å². The minimum absolute atomic E-state index is 0.0768. The molecular formula is C21H30N6O6S. The maximum Gasteiger partial charge on any atom is 0.405 e. The van der Waals surface area contributed by atoms with E-state index in [1.807, 2.05) is 0 Å². The van der Waals surface area contributed by atoms with E-state index in [4.69, 9.17) is 20.6 Å². The van der Waals surface area contributed by atoms with E-state index in [1.165, 1.54) is 17.9 Å². The average molecular weight is 495 g/mol. The number of carbonyl (C=O) groups excluding carboxylic acids is 2. The van der Waals surface area contributed by atoms with Gasteiger partial charge >= 0.3 is 6.09 Å². The van der Waals surface area contributed by atoms with Gasteiger partial charge < -0.3 is 25.1 Å². The number of imidazole rings is 1. The molecule has 1 amide bonds. The number of nitrogens with zero attached hydrogens (tertiary/aromatic N) is 2. The summed E-state index contributed by atoms with van der Waals surface area (Å²) >= 11 is 0. The highest BCUT2D eigenvalue weighted by atomic mass is 32.2. The van der Waals surface area contributed by atoms with E-state index in [1.54, 1.807) is 40.1 Å². The molecule has 5 N–H and O–H groups in total. The number of hydrogen-bond acceptors (Lipinski definition) is 8. The highest BCUT2D eigenvalue weighted by molar-refractivity contribution is 7.90. The maximum atomic E-state index is 12.9. The Hall–Kier alpha value is -3.61. The molecule has 0 unspecified atom stereocenters. The average Bonchev–Trinajstić information content (AvgIpc) is 3.17. The monoisotopic (exact) mass is 494 g/mol. The summed E-state index contributed by atoms with van der Waals surface area (Å²) in [6, 6.07) is 1.63. The molecule has 0 aliphatic heterocycles. The molecule has 0 saturated heterocycles. The molecule has 0 aliphatic carbocycles. The molecule has 1 heterocycles. The summed E-state index contributed by atoms with van der Waals surface area (Å²) in [5, 5.41) is 10.6. The van der Waals surface area contributed by atoms with Gasteiger partial charge in [0.2, 0.25) is 11.7 Å². The number of nitrogens with one attached hydrogen (secondary N) is 3. The van der Waals surface area contributed by atoms with Crippen LogP contribution < -0.4 is 20.5 Å². The topological polar surface area (TPSA) is 178 Å². The highest BCUT2D eigenvalue weighted by Crippen LogP contribution is 2.30. The molecule has 2 aromatic rings. The molecule has 0 fully saturated rings. The molecule has 1 atom stereocenters. The van der Waals surface area contributed by atoms with Gasteiger partial charge in [-0.1, -0.05) is 0 Å². The van der Waals surface area contributed by atoms with Gasteiger partial charge in [0.15, 0.2) is 11.9 Å². The summed E-state index contributed by atoms with van der Waals surface area (Å²) in [7, 11) is -0.890. The van der Waals surface area contributed by atoms with Gasteiger partial charge in [0.05, 0.1) is 12.0 Å². The first kappa shape index (κ1) is 26.6. The predicted octanol–water partition coefficient (Wildman–Crippen LogP) is 1.28. The molecule has 1 aromatic heterocycles. The van der Waals surface area contributed by atoms with Crippen molar-refractivity contribution in [1.82, 2.24) is 19.6 Å². The summed E-state index contributed by atoms with van der Waals surface area (Å²) in [5.74, 6) is -0.256. The lowest BCUT2D eigenvalue weighted by atomic mass is 10.1. The van der Waals surface area contributed by atoms with Gasteiger partial charge in [-0.3, -0.25) is 10.2 Å². The van der Waals surface area contributed by atoms with Crippen LogP contribution in [-0.4, -0.2) is 55.6 Å². The number of ketones is 1. The van der Waals surface area contributed by atoms with E-state index in [0.717, 1.165) is 0 Å². The van der Waals surface area contributed by atoms with Crippen molar-refractivity contribution < 1.29 is 27.5 Å². The fraction of sp³-hybridized carbons (Fsp3) is 0.429. The van der Waals surface area contributed by atoms with Crippen LogP contribution in [-0.2, 0) is 21.8 Å². The third kappa shape index (κ3) is 6.25. The number of sulfonamides is 1. The maximum absolute atomic E-state index is 12.9. The number of ether oxygens (including phenoxy) is 2. The number of carbonyl (C=O) groups is 2. The zero-order valence-electron chi connectivity index (χ0n) is 19.8. The van der Waals surface area contributed by atoms with Crippen LogP contribution in [0.1, 0.15) is 40.2 Å². The number of nitrogens with two attached hydrogens (primary N) is 1. The molecule has 186 valence electrons. The second-order valence-corrected chi connectivity index (χ2v) is 9.30. The van der Waals surface area contributed by atoms with Crippen LogP contribution in [0, 0.1) is 26.2 Å². The molecule has 0 aliphatic rings. The van der Waals surface area contributed by atoms with Crippen molar-refractivity contribution in [3.63, 3.8) is 0 Å². The normalized spacial score (nSPS) is 12.0. The largest absolute Gasteiger partial charge is 0.496 e. The Morgan fingerprint density at radius 3 is 2.50 bits per heavy atom. The lowest BCUT2D eigenvalue weighted by Crippen LogP contribution is -2.41. The van der Waals surface area contributed by atoms with E-state index >= 15 is 0 Å². The summed E-state index contributed by atoms with van der Waals surface area (Å²) in [6.45, 7) is 5.21. The Bertz CT molecular complexity index is 1190. The minimum atomic E-state index is -4.03. The van der Waals surface area contributed by atoms with Crippen molar-refractivity contribution in [1.29, 1.82) is 5.41 Å². The van der Waals surface area contributed by atoms with Crippen molar-refractivity contribution in [2.75, 3.05) is 13.7 Å². The van der Waals surface area contributed by atoms with Crippen molar-refractivity contribution in [3.8, 4) is 5.75 Å². The van der Waals surface area contributed by atoms with Crippen molar-refractivity contribution in [3.05, 3.63) is 41.0 Å². The van der Waals surface area contributed by atoms with Gasteiger partial charge in [-0.05, 0) is 56.4 Å². The van der Waals surface area contributed by atoms with Crippen molar-refractivity contribution >= 4 is 27.9 Å². The number of hydrogen-bond donors (Lipinski definition) is 4. The third-order valence-electron chi connectivity index (χ3n) is 5.24. The summed E-state index contributed by atoms with van der Waals surface area (Å²) in [6.07, 6.45) is 1.14. The number of aromatic nitrogens is 2. The smallest absolute Gasteiger partial charge is 0.405 e. The van der Waals surface area contributed by atoms with Gasteiger partial charge in [-0.15, -0.1) is 0 Å². The van der Waals surface area contributed by atoms with Crippen LogP contribution in [0.25, 0.3) is 0 Å². The Balaban J connectivity index is 1.99. The van der Waals surface area contributed by atoms with Crippen molar-refractivity contribution in [2.24, 2.45) is 12.8 Å². The quantitative estimate of drug-likeness (QED) is 0.165. The first-order valence-corrected chi connectivity index (χ1v) is 11.8. The number of amides is 1.